The van der Waals surface area contributed by atoms with Crippen molar-refractivity contribution >= 4 is 18.0 Å². The van der Waals surface area contributed by atoms with Gasteiger partial charge in [-0.2, -0.15) is 0 Å². The number of rotatable bonds is 9. The van der Waals surface area contributed by atoms with Crippen molar-refractivity contribution in [2.24, 2.45) is 0 Å². The maximum Gasteiger partial charge on any atom is 0.410 e. The van der Waals surface area contributed by atoms with E-state index in [0.717, 1.165) is 11.1 Å². The molecule has 2 aromatic carbocycles. The number of likely N-dealkylation sites (N-methyl/N-ethyl adjacent to an activating group) is 1. The Kier molecular flexibility index (Phi) is 9.44. The first-order valence-electron chi connectivity index (χ1n) is 10.9. The van der Waals surface area contributed by atoms with Gasteiger partial charge in [0.05, 0.1) is 12.7 Å². The van der Waals surface area contributed by atoms with E-state index in [0.29, 0.717) is 24.5 Å². The van der Waals surface area contributed by atoms with Crippen molar-refractivity contribution in [3.05, 3.63) is 65.2 Å². The molecule has 0 fully saturated rings. The standard InChI is InChI=1S/C25H33N3O6/c1-17(28(5)24(31)34-25(2,3)4)22(29)27-26-15-18-9-13-21(14-10-18)33-16-19-7-11-20(12-8-19)23(30)32-6/h7-14,17,26H,15-16H2,1-6H3,(H,27,29). The molecule has 1 atom stereocenters. The Morgan fingerprint density at radius 3 is 2.12 bits per heavy atom. The van der Waals surface area contributed by atoms with Crippen LogP contribution in [0.15, 0.2) is 48.5 Å². The van der Waals surface area contributed by atoms with Crippen molar-refractivity contribution in [1.82, 2.24) is 15.8 Å². The van der Waals surface area contributed by atoms with Crippen LogP contribution in [0, 0.1) is 0 Å². The predicted octanol–water partition coefficient (Wildman–Crippen LogP) is 3.43. The van der Waals surface area contributed by atoms with Crippen molar-refractivity contribution in [1.29, 1.82) is 0 Å². The molecule has 1 unspecified atom stereocenters. The highest BCUT2D eigenvalue weighted by atomic mass is 16.6. The molecule has 0 aliphatic rings. The maximum absolute atomic E-state index is 12.3. The largest absolute Gasteiger partial charge is 0.489 e. The second kappa shape index (κ2) is 12.0. The van der Waals surface area contributed by atoms with Crippen molar-refractivity contribution in [2.45, 2.75) is 52.5 Å². The van der Waals surface area contributed by atoms with Crippen molar-refractivity contribution in [3.8, 4) is 5.75 Å². The molecule has 2 amide bonds. The summed E-state index contributed by atoms with van der Waals surface area (Å²) < 4.78 is 15.7. The van der Waals surface area contributed by atoms with Gasteiger partial charge in [-0.1, -0.05) is 24.3 Å². The topological polar surface area (TPSA) is 106 Å². The summed E-state index contributed by atoms with van der Waals surface area (Å²) in [5.74, 6) is -0.0404. The Morgan fingerprint density at radius 2 is 1.56 bits per heavy atom. The highest BCUT2D eigenvalue weighted by molar-refractivity contribution is 5.89. The number of carbonyl (C=O) groups is 3. The zero-order valence-corrected chi connectivity index (χ0v) is 20.5. The molecule has 0 spiro atoms. The van der Waals surface area contributed by atoms with Crippen molar-refractivity contribution < 1.29 is 28.6 Å². The lowest BCUT2D eigenvalue weighted by Crippen LogP contribution is -2.50. The monoisotopic (exact) mass is 471 g/mol. The van der Waals surface area contributed by atoms with Crippen LogP contribution >= 0.6 is 0 Å². The number of esters is 1. The van der Waals surface area contributed by atoms with E-state index in [4.69, 9.17) is 9.47 Å². The lowest BCUT2D eigenvalue weighted by Gasteiger charge is -2.28. The molecule has 2 aromatic rings. The first-order valence-corrected chi connectivity index (χ1v) is 10.9. The fraction of sp³-hybridized carbons (Fsp3) is 0.400. The summed E-state index contributed by atoms with van der Waals surface area (Å²) in [4.78, 5) is 37.2. The second-order valence-corrected chi connectivity index (χ2v) is 8.73. The Morgan fingerprint density at radius 1 is 0.971 bits per heavy atom. The number of hydrogen-bond donors (Lipinski definition) is 2. The molecule has 9 heteroatoms. The quantitative estimate of drug-likeness (QED) is 0.426. The van der Waals surface area contributed by atoms with Gasteiger partial charge in [0, 0.05) is 13.6 Å². The zero-order chi connectivity index (χ0) is 25.3. The molecule has 2 rings (SSSR count). The Bertz CT molecular complexity index is 968. The van der Waals surface area contributed by atoms with Crippen LogP contribution in [0.2, 0.25) is 0 Å². The Balaban J connectivity index is 1.76. The number of nitrogens with one attached hydrogen (secondary N) is 2. The number of ether oxygens (including phenoxy) is 3. The number of methoxy groups -OCH3 is 1. The minimum absolute atomic E-state index is 0.355. The predicted molar refractivity (Wildman–Crippen MR) is 127 cm³/mol. The number of hydrogen-bond acceptors (Lipinski definition) is 7. The lowest BCUT2D eigenvalue weighted by molar-refractivity contribution is -0.126. The third-order valence-electron chi connectivity index (χ3n) is 4.85. The molecule has 184 valence electrons. The molecule has 0 bridgehead atoms. The van der Waals surface area contributed by atoms with Gasteiger partial charge < -0.3 is 14.2 Å². The smallest absolute Gasteiger partial charge is 0.410 e. The molecule has 0 heterocycles. The van der Waals surface area contributed by atoms with Crippen LogP contribution in [0.3, 0.4) is 0 Å². The average molecular weight is 472 g/mol. The van der Waals surface area contributed by atoms with Crippen LogP contribution in [0.5, 0.6) is 5.75 Å². The molecule has 0 saturated carbocycles. The van der Waals surface area contributed by atoms with E-state index in [2.05, 4.69) is 15.6 Å². The first kappa shape index (κ1) is 26.7. The minimum atomic E-state index is -0.709. The van der Waals surface area contributed by atoms with Crippen LogP contribution in [0.1, 0.15) is 49.2 Å². The van der Waals surface area contributed by atoms with Crippen LogP contribution < -0.4 is 15.6 Å². The normalized spacial score (nSPS) is 11.8. The van der Waals surface area contributed by atoms with E-state index in [1.54, 1.807) is 39.8 Å². The van der Waals surface area contributed by atoms with Crippen LogP contribution in [-0.2, 0) is 27.4 Å². The zero-order valence-electron chi connectivity index (χ0n) is 20.5. The molecule has 0 aromatic heterocycles. The van der Waals surface area contributed by atoms with Gasteiger partial charge >= 0.3 is 12.1 Å². The molecular weight excluding hydrogens is 438 g/mol. The Hall–Kier alpha value is -3.59. The number of nitrogens with zero attached hydrogens (tertiary/aromatic N) is 1. The fourth-order valence-electron chi connectivity index (χ4n) is 2.73. The van der Waals surface area contributed by atoms with Crippen LogP contribution in [0.25, 0.3) is 0 Å². The fourth-order valence-corrected chi connectivity index (χ4v) is 2.73. The summed E-state index contributed by atoms with van der Waals surface area (Å²) in [6, 6.07) is 13.7. The molecule has 0 saturated heterocycles. The third-order valence-corrected chi connectivity index (χ3v) is 4.85. The summed E-state index contributed by atoms with van der Waals surface area (Å²) in [5.41, 5.74) is 7.18. The van der Waals surface area contributed by atoms with Gasteiger partial charge in [0.15, 0.2) is 0 Å². The molecule has 0 radical (unpaired) electrons. The van der Waals surface area contributed by atoms with Gasteiger partial charge in [-0.15, -0.1) is 0 Å². The summed E-state index contributed by atoms with van der Waals surface area (Å²) in [6.45, 7) is 7.68. The number of amides is 2. The van der Waals surface area contributed by atoms with Crippen molar-refractivity contribution in [2.75, 3.05) is 14.2 Å². The second-order valence-electron chi connectivity index (χ2n) is 8.73. The van der Waals surface area contributed by atoms with Crippen LogP contribution in [-0.4, -0.2) is 48.7 Å². The van der Waals surface area contributed by atoms with E-state index in [9.17, 15) is 14.4 Å². The first-order chi connectivity index (χ1) is 16.0. The van der Waals surface area contributed by atoms with Gasteiger partial charge in [-0.05, 0) is 63.1 Å². The summed E-state index contributed by atoms with van der Waals surface area (Å²) in [5, 5.41) is 0. The summed E-state index contributed by atoms with van der Waals surface area (Å²) in [6.07, 6.45) is -0.565. The highest BCUT2D eigenvalue weighted by Crippen LogP contribution is 2.15. The van der Waals surface area contributed by atoms with Gasteiger partial charge in [0.25, 0.3) is 5.91 Å². The SMILES string of the molecule is COC(=O)c1ccc(COc2ccc(CNNC(=O)C(C)N(C)C(=O)OC(C)(C)C)cc2)cc1. The highest BCUT2D eigenvalue weighted by Gasteiger charge is 2.26. The minimum Gasteiger partial charge on any atom is -0.489 e. The van der Waals surface area contributed by atoms with Crippen molar-refractivity contribution in [3.63, 3.8) is 0 Å². The van der Waals surface area contributed by atoms with E-state index in [-0.39, 0.29) is 11.9 Å². The van der Waals surface area contributed by atoms with Gasteiger partial charge in [0.1, 0.15) is 24.0 Å². The number of carbonyl (C=O) groups excluding carboxylic acids is 3. The maximum atomic E-state index is 12.3. The lowest BCUT2D eigenvalue weighted by atomic mass is 10.1. The third kappa shape index (κ3) is 8.40. The van der Waals surface area contributed by atoms with E-state index in [1.165, 1.54) is 19.1 Å². The molecule has 2 N–H and O–H groups in total. The Labute approximate surface area is 200 Å². The van der Waals surface area contributed by atoms with E-state index >= 15 is 0 Å². The van der Waals surface area contributed by atoms with E-state index in [1.807, 2.05) is 36.4 Å². The van der Waals surface area contributed by atoms with Gasteiger partial charge in [-0.3, -0.25) is 15.1 Å². The molecule has 34 heavy (non-hydrogen) atoms. The summed E-state index contributed by atoms with van der Waals surface area (Å²) in [7, 11) is 2.86. The average Bonchev–Trinajstić information content (AvgIpc) is 2.81. The molecule has 0 aliphatic carbocycles. The van der Waals surface area contributed by atoms with Gasteiger partial charge in [-0.25, -0.2) is 15.0 Å². The van der Waals surface area contributed by atoms with Gasteiger partial charge in [0.2, 0.25) is 0 Å². The summed E-state index contributed by atoms with van der Waals surface area (Å²) >= 11 is 0. The number of hydrazine groups is 1. The van der Waals surface area contributed by atoms with E-state index < -0.39 is 17.7 Å². The molecule has 0 aliphatic heterocycles. The number of benzene rings is 2. The molecule has 9 nitrogen and oxygen atoms in total. The van der Waals surface area contributed by atoms with Crippen LogP contribution in [0.4, 0.5) is 4.79 Å². The molecular formula is C25H33N3O6.